The largest absolute Gasteiger partial charge is 0.478 e. The zero-order valence-electron chi connectivity index (χ0n) is 11.6. The van der Waals surface area contributed by atoms with Crippen LogP contribution in [-0.2, 0) is 0 Å². The minimum atomic E-state index is -1.24. The lowest BCUT2D eigenvalue weighted by Crippen LogP contribution is -2.14. The van der Waals surface area contributed by atoms with E-state index in [2.05, 4.69) is 19.2 Å². The number of carboxylic acids is 1. The highest BCUT2D eigenvalue weighted by atomic mass is 19.1. The second kappa shape index (κ2) is 7.77. The van der Waals surface area contributed by atoms with Crippen LogP contribution in [0, 0.1) is 11.7 Å². The van der Waals surface area contributed by atoms with Crippen molar-refractivity contribution in [2.45, 2.75) is 39.5 Å². The first-order valence-corrected chi connectivity index (χ1v) is 6.85. The van der Waals surface area contributed by atoms with E-state index in [0.717, 1.165) is 19.4 Å². The first-order chi connectivity index (χ1) is 9.08. The molecule has 0 bridgehead atoms. The van der Waals surface area contributed by atoms with Crippen LogP contribution < -0.4 is 5.32 Å². The van der Waals surface area contributed by atoms with Gasteiger partial charge in [-0.05, 0) is 30.5 Å². The van der Waals surface area contributed by atoms with Gasteiger partial charge in [-0.15, -0.1) is 0 Å². The summed E-state index contributed by atoms with van der Waals surface area (Å²) in [5.74, 6) is -1.36. The normalized spacial score (nSPS) is 12.2. The lowest BCUT2D eigenvalue weighted by atomic mass is 9.99. The maximum atomic E-state index is 13.5. The molecule has 0 spiro atoms. The van der Waals surface area contributed by atoms with Crippen LogP contribution in [0.2, 0.25) is 0 Å². The predicted octanol–water partition coefficient (Wildman–Crippen LogP) is 4.15. The lowest BCUT2D eigenvalue weighted by molar-refractivity contribution is 0.0692. The molecule has 0 heterocycles. The molecule has 0 aliphatic rings. The van der Waals surface area contributed by atoms with Crippen molar-refractivity contribution < 1.29 is 14.3 Å². The Labute approximate surface area is 113 Å². The average molecular weight is 267 g/mol. The summed E-state index contributed by atoms with van der Waals surface area (Å²) in [6, 6.07) is 4.15. The monoisotopic (exact) mass is 267 g/mol. The van der Waals surface area contributed by atoms with Gasteiger partial charge in [0.2, 0.25) is 0 Å². The molecule has 0 aliphatic carbocycles. The minimum absolute atomic E-state index is 0.288. The summed E-state index contributed by atoms with van der Waals surface area (Å²) in [6.45, 7) is 5.11. The molecule has 3 nitrogen and oxygen atoms in total. The zero-order valence-corrected chi connectivity index (χ0v) is 11.6. The summed E-state index contributed by atoms with van der Waals surface area (Å²) in [7, 11) is 0. The first kappa shape index (κ1) is 15.5. The summed E-state index contributed by atoms with van der Waals surface area (Å²) in [6.07, 6.45) is 4.63. The third kappa shape index (κ3) is 4.89. The molecule has 0 aliphatic heterocycles. The van der Waals surface area contributed by atoms with E-state index in [0.29, 0.717) is 11.6 Å². The molecular formula is C15H22FNO2. The number of hydrogen-bond donors (Lipinski definition) is 2. The maximum absolute atomic E-state index is 13.5. The highest BCUT2D eigenvalue weighted by Crippen LogP contribution is 2.17. The molecule has 0 aromatic heterocycles. The Morgan fingerprint density at radius 2 is 2.16 bits per heavy atom. The number of nitrogens with one attached hydrogen (secondary N) is 1. The van der Waals surface area contributed by atoms with Crippen molar-refractivity contribution in [1.29, 1.82) is 0 Å². The fourth-order valence-corrected chi connectivity index (χ4v) is 2.00. The van der Waals surface area contributed by atoms with E-state index in [1.54, 1.807) is 6.07 Å². The van der Waals surface area contributed by atoms with Gasteiger partial charge in [0, 0.05) is 12.2 Å². The molecule has 1 unspecified atom stereocenters. The van der Waals surface area contributed by atoms with Gasteiger partial charge in [0.15, 0.2) is 0 Å². The quantitative estimate of drug-likeness (QED) is 0.743. The second-order valence-corrected chi connectivity index (χ2v) is 4.80. The van der Waals surface area contributed by atoms with E-state index in [1.807, 2.05) is 0 Å². The van der Waals surface area contributed by atoms with Gasteiger partial charge < -0.3 is 10.4 Å². The van der Waals surface area contributed by atoms with Crippen LogP contribution in [0.1, 0.15) is 49.9 Å². The van der Waals surface area contributed by atoms with Crippen molar-refractivity contribution in [2.75, 3.05) is 11.9 Å². The van der Waals surface area contributed by atoms with E-state index >= 15 is 0 Å². The third-order valence-electron chi connectivity index (χ3n) is 3.34. The molecule has 4 heteroatoms. The van der Waals surface area contributed by atoms with Crippen LogP contribution in [0.5, 0.6) is 0 Å². The van der Waals surface area contributed by atoms with E-state index in [1.165, 1.54) is 25.0 Å². The SMILES string of the molecule is CCCCC(CC)CNc1ccc(C(=O)O)c(F)c1. The van der Waals surface area contributed by atoms with Gasteiger partial charge in [0.25, 0.3) is 0 Å². The van der Waals surface area contributed by atoms with Gasteiger partial charge >= 0.3 is 5.97 Å². The number of anilines is 1. The summed E-state index contributed by atoms with van der Waals surface area (Å²) in [5, 5.41) is 11.9. The number of hydrogen-bond acceptors (Lipinski definition) is 2. The standard InChI is InChI=1S/C15H22FNO2/c1-3-5-6-11(4-2)10-17-12-7-8-13(15(18)19)14(16)9-12/h7-9,11,17H,3-6,10H2,1-2H3,(H,18,19). The van der Waals surface area contributed by atoms with Gasteiger partial charge in [-0.25, -0.2) is 9.18 Å². The molecule has 1 atom stereocenters. The fraction of sp³-hybridized carbons (Fsp3) is 0.533. The minimum Gasteiger partial charge on any atom is -0.478 e. The smallest absolute Gasteiger partial charge is 0.338 e. The van der Waals surface area contributed by atoms with E-state index in [9.17, 15) is 9.18 Å². The Hall–Kier alpha value is -1.58. The summed E-state index contributed by atoms with van der Waals surface area (Å²) in [5.41, 5.74) is 0.348. The molecule has 106 valence electrons. The Kier molecular flexibility index (Phi) is 6.33. The summed E-state index contributed by atoms with van der Waals surface area (Å²) >= 11 is 0. The Morgan fingerprint density at radius 1 is 1.42 bits per heavy atom. The van der Waals surface area contributed by atoms with Gasteiger partial charge in [-0.1, -0.05) is 33.1 Å². The van der Waals surface area contributed by atoms with Gasteiger partial charge in [-0.2, -0.15) is 0 Å². The van der Waals surface area contributed by atoms with E-state index in [4.69, 9.17) is 5.11 Å². The van der Waals surface area contributed by atoms with Crippen LogP contribution >= 0.6 is 0 Å². The van der Waals surface area contributed by atoms with Crippen molar-refractivity contribution in [1.82, 2.24) is 0 Å². The molecule has 0 radical (unpaired) electrons. The Bertz CT molecular complexity index is 421. The zero-order chi connectivity index (χ0) is 14.3. The highest BCUT2D eigenvalue weighted by molar-refractivity contribution is 5.88. The van der Waals surface area contributed by atoms with Gasteiger partial charge in [0.1, 0.15) is 5.82 Å². The molecule has 0 saturated heterocycles. The number of rotatable bonds is 8. The number of carbonyl (C=O) groups is 1. The number of benzene rings is 1. The predicted molar refractivity (Wildman–Crippen MR) is 75.2 cm³/mol. The van der Waals surface area contributed by atoms with Crippen LogP contribution in [0.15, 0.2) is 18.2 Å². The second-order valence-electron chi connectivity index (χ2n) is 4.80. The number of aromatic carboxylic acids is 1. The molecular weight excluding hydrogens is 245 g/mol. The fourth-order valence-electron chi connectivity index (χ4n) is 2.00. The highest BCUT2D eigenvalue weighted by Gasteiger charge is 2.11. The van der Waals surface area contributed by atoms with Crippen LogP contribution in [0.3, 0.4) is 0 Å². The molecule has 1 aromatic rings. The number of unbranched alkanes of at least 4 members (excludes halogenated alkanes) is 1. The van der Waals surface area contributed by atoms with Crippen LogP contribution in [0.25, 0.3) is 0 Å². The number of carboxylic acid groups (broad SMARTS) is 1. The summed E-state index contributed by atoms with van der Waals surface area (Å²) in [4.78, 5) is 10.7. The Morgan fingerprint density at radius 3 is 2.68 bits per heavy atom. The van der Waals surface area contributed by atoms with Crippen molar-refractivity contribution >= 4 is 11.7 Å². The molecule has 2 N–H and O–H groups in total. The first-order valence-electron chi connectivity index (χ1n) is 6.85. The average Bonchev–Trinajstić information content (AvgIpc) is 2.38. The Balaban J connectivity index is 2.57. The van der Waals surface area contributed by atoms with Crippen LogP contribution in [-0.4, -0.2) is 17.6 Å². The van der Waals surface area contributed by atoms with Crippen molar-refractivity contribution in [2.24, 2.45) is 5.92 Å². The van der Waals surface area contributed by atoms with Gasteiger partial charge in [-0.3, -0.25) is 0 Å². The summed E-state index contributed by atoms with van der Waals surface area (Å²) < 4.78 is 13.5. The molecule has 0 fully saturated rings. The van der Waals surface area contributed by atoms with Crippen molar-refractivity contribution in [3.05, 3.63) is 29.6 Å². The van der Waals surface area contributed by atoms with E-state index in [-0.39, 0.29) is 5.56 Å². The number of halogens is 1. The molecule has 0 saturated carbocycles. The van der Waals surface area contributed by atoms with E-state index < -0.39 is 11.8 Å². The third-order valence-corrected chi connectivity index (χ3v) is 3.34. The maximum Gasteiger partial charge on any atom is 0.338 e. The van der Waals surface area contributed by atoms with Crippen molar-refractivity contribution in [3.63, 3.8) is 0 Å². The van der Waals surface area contributed by atoms with Crippen molar-refractivity contribution in [3.8, 4) is 0 Å². The topological polar surface area (TPSA) is 49.3 Å². The lowest BCUT2D eigenvalue weighted by Gasteiger charge is -2.16. The molecule has 19 heavy (non-hydrogen) atoms. The molecule has 1 rings (SSSR count). The molecule has 1 aromatic carbocycles. The van der Waals surface area contributed by atoms with Crippen LogP contribution in [0.4, 0.5) is 10.1 Å². The van der Waals surface area contributed by atoms with Gasteiger partial charge in [0.05, 0.1) is 5.56 Å². The molecule has 0 amide bonds.